The summed E-state index contributed by atoms with van der Waals surface area (Å²) in [5, 5.41) is 0.338. The van der Waals surface area contributed by atoms with Gasteiger partial charge in [-0.1, -0.05) is 42.6 Å². The van der Waals surface area contributed by atoms with Crippen LogP contribution in [0.25, 0.3) is 0 Å². The molecule has 0 aliphatic carbocycles. The average molecular weight is 496 g/mol. The zero-order chi connectivity index (χ0) is 23.3. The molecular weight excluding hydrogens is 462 g/mol. The number of halogens is 1. The highest BCUT2D eigenvalue weighted by molar-refractivity contribution is 7.85. The van der Waals surface area contributed by atoms with Gasteiger partial charge < -0.3 is 9.47 Å². The molecule has 0 N–H and O–H groups in total. The van der Waals surface area contributed by atoms with Gasteiger partial charge in [0.25, 0.3) is 0 Å². The lowest BCUT2D eigenvalue weighted by molar-refractivity contribution is 0.0500. The Labute approximate surface area is 192 Å². The van der Waals surface area contributed by atoms with E-state index in [4.69, 9.17) is 21.1 Å². The minimum Gasteiger partial charge on any atom is -0.443 e. The highest BCUT2D eigenvalue weighted by atomic mass is 35.5. The van der Waals surface area contributed by atoms with Crippen molar-refractivity contribution in [2.75, 3.05) is 18.2 Å². The summed E-state index contributed by atoms with van der Waals surface area (Å²) < 4.78 is 27.3. The van der Waals surface area contributed by atoms with E-state index in [-0.39, 0.29) is 6.73 Å². The quantitative estimate of drug-likeness (QED) is 0.199. The second-order valence-corrected chi connectivity index (χ2v) is 19.1. The summed E-state index contributed by atoms with van der Waals surface area (Å²) in [5.41, 5.74) is -0.312. The smallest absolute Gasteiger partial charge is 0.418 e. The number of anilines is 1. The lowest BCUT2D eigenvalue weighted by Crippen LogP contribution is -2.38. The van der Waals surface area contributed by atoms with E-state index < -0.39 is 35.5 Å². The minimum atomic E-state index is -1.44. The molecule has 0 unspecified atom stereocenters. The van der Waals surface area contributed by atoms with Crippen molar-refractivity contribution in [3.63, 3.8) is 0 Å². The summed E-state index contributed by atoms with van der Waals surface area (Å²) in [6, 6.07) is 0.976. The second kappa shape index (κ2) is 10.7. The molecule has 30 heavy (non-hydrogen) atoms. The zero-order valence-electron chi connectivity index (χ0n) is 19.4. The summed E-state index contributed by atoms with van der Waals surface area (Å²) >= 11 is 7.41. The number of ether oxygens (including phenoxy) is 2. The number of amides is 1. The third kappa shape index (κ3) is 10.00. The van der Waals surface area contributed by atoms with Crippen molar-refractivity contribution >= 4 is 59.4 Å². The predicted molar refractivity (Wildman–Crippen MR) is 130 cm³/mol. The van der Waals surface area contributed by atoms with Crippen LogP contribution in [0.2, 0.25) is 30.0 Å². The van der Waals surface area contributed by atoms with Crippen LogP contribution in [0.3, 0.4) is 0 Å². The van der Waals surface area contributed by atoms with E-state index in [0.29, 0.717) is 21.8 Å². The highest BCUT2D eigenvalue weighted by Gasteiger charge is 2.27. The summed E-state index contributed by atoms with van der Waals surface area (Å²) in [7, 11) is -2.69. The topological polar surface area (TPSA) is 81.1 Å². The molecule has 1 amide bonds. The standard InChI is InChI=1S/C19H34ClN3O4S2Si/c1-18(2,3)27-17(24)23(13-26-10-11-30(7,8)9)16-22-14(15(20)28-16)12-21-29(25)19(4,5)6/h12H,10-11,13H2,1-9H3/t29-/m0/s1. The van der Waals surface area contributed by atoms with Gasteiger partial charge in [-0.15, -0.1) is 0 Å². The first-order chi connectivity index (χ1) is 13.5. The van der Waals surface area contributed by atoms with Gasteiger partial charge in [0.15, 0.2) is 5.13 Å². The van der Waals surface area contributed by atoms with Crippen molar-refractivity contribution in [1.29, 1.82) is 0 Å². The van der Waals surface area contributed by atoms with Crippen LogP contribution in [0.5, 0.6) is 0 Å². The Morgan fingerprint density at radius 2 is 1.87 bits per heavy atom. The molecule has 1 rings (SSSR count). The molecule has 1 aromatic rings. The molecular formula is C19H34ClN3O4S2Si. The maximum atomic E-state index is 12.7. The largest absolute Gasteiger partial charge is 0.443 e. The monoisotopic (exact) mass is 495 g/mol. The fraction of sp³-hybridized carbons (Fsp3) is 0.737. The van der Waals surface area contributed by atoms with Crippen LogP contribution >= 0.6 is 22.9 Å². The summed E-state index contributed by atoms with van der Waals surface area (Å²) in [6.45, 7) is 18.2. The van der Waals surface area contributed by atoms with Crippen molar-refractivity contribution in [2.45, 2.75) is 77.6 Å². The maximum Gasteiger partial charge on any atom is 0.418 e. The Hall–Kier alpha value is -0.813. The lowest BCUT2D eigenvalue weighted by atomic mass is 10.2. The van der Waals surface area contributed by atoms with Crippen molar-refractivity contribution < 1.29 is 18.5 Å². The van der Waals surface area contributed by atoms with Crippen LogP contribution in [0.4, 0.5) is 9.93 Å². The highest BCUT2D eigenvalue weighted by Crippen LogP contribution is 2.31. The molecule has 0 saturated heterocycles. The van der Waals surface area contributed by atoms with Crippen LogP contribution in [0.1, 0.15) is 47.2 Å². The van der Waals surface area contributed by atoms with Crippen molar-refractivity contribution in [3.8, 4) is 0 Å². The van der Waals surface area contributed by atoms with Gasteiger partial charge in [0, 0.05) is 14.7 Å². The summed E-state index contributed by atoms with van der Waals surface area (Å²) in [4.78, 5) is 18.5. The van der Waals surface area contributed by atoms with E-state index in [1.165, 1.54) is 11.1 Å². The molecule has 1 aromatic heterocycles. The van der Waals surface area contributed by atoms with E-state index in [1.807, 2.05) is 20.8 Å². The van der Waals surface area contributed by atoms with Gasteiger partial charge in [-0.3, -0.25) is 0 Å². The summed E-state index contributed by atoms with van der Waals surface area (Å²) in [6.07, 6.45) is 0.811. The van der Waals surface area contributed by atoms with Crippen LogP contribution in [-0.4, -0.2) is 53.3 Å². The van der Waals surface area contributed by atoms with Crippen molar-refractivity contribution in [2.24, 2.45) is 4.40 Å². The number of rotatable bonds is 8. The molecule has 0 fully saturated rings. The number of carbonyl (C=O) groups is 1. The Morgan fingerprint density at radius 1 is 1.27 bits per heavy atom. The minimum absolute atomic E-state index is 0.00768. The van der Waals surface area contributed by atoms with Crippen LogP contribution in [-0.2, 0) is 20.5 Å². The Balaban J connectivity index is 3.04. The molecule has 0 aliphatic rings. The van der Waals surface area contributed by atoms with Crippen molar-refractivity contribution in [1.82, 2.24) is 4.98 Å². The van der Waals surface area contributed by atoms with Gasteiger partial charge in [0.2, 0.25) is 0 Å². The number of thiazole rings is 1. The number of carbonyl (C=O) groups excluding carboxylic acids is 1. The van der Waals surface area contributed by atoms with Gasteiger partial charge in [-0.05, 0) is 47.6 Å². The molecule has 0 bridgehead atoms. The molecule has 0 aromatic carbocycles. The third-order valence-corrected chi connectivity index (χ3v) is 7.81. The number of nitrogens with zero attached hydrogens (tertiary/aromatic N) is 3. The number of hydrogen-bond acceptors (Lipinski definition) is 6. The first-order valence-corrected chi connectivity index (χ1v) is 15.7. The van der Waals surface area contributed by atoms with E-state index >= 15 is 0 Å². The lowest BCUT2D eigenvalue weighted by Gasteiger charge is -2.26. The second-order valence-electron chi connectivity index (χ2n) is 10.0. The molecule has 172 valence electrons. The Bertz CT molecular complexity index is 780. The van der Waals surface area contributed by atoms with Crippen LogP contribution < -0.4 is 4.90 Å². The van der Waals surface area contributed by atoms with E-state index in [0.717, 1.165) is 17.4 Å². The average Bonchev–Trinajstić information content (AvgIpc) is 2.89. The molecule has 1 heterocycles. The predicted octanol–water partition coefficient (Wildman–Crippen LogP) is 5.73. The molecule has 11 heteroatoms. The Morgan fingerprint density at radius 3 is 2.37 bits per heavy atom. The molecule has 0 radical (unpaired) electrons. The molecule has 7 nitrogen and oxygen atoms in total. The van der Waals surface area contributed by atoms with Crippen LogP contribution in [0, 0.1) is 0 Å². The molecule has 0 aliphatic heterocycles. The molecule has 0 saturated carbocycles. The fourth-order valence-electron chi connectivity index (χ4n) is 1.79. The SMILES string of the molecule is CC(C)(C)OC(=O)N(COCC[Si](C)(C)C)c1nc(C=N[S@@](=O)C(C)(C)C)c(Cl)s1. The van der Waals surface area contributed by atoms with E-state index in [1.54, 1.807) is 20.8 Å². The van der Waals surface area contributed by atoms with Gasteiger partial charge in [-0.25, -0.2) is 18.9 Å². The number of aromatic nitrogens is 1. The number of hydrogen-bond donors (Lipinski definition) is 0. The van der Waals surface area contributed by atoms with E-state index in [2.05, 4.69) is 29.0 Å². The first kappa shape index (κ1) is 27.2. The fourth-order valence-corrected chi connectivity index (χ4v) is 4.10. The van der Waals surface area contributed by atoms with Gasteiger partial charge >= 0.3 is 6.09 Å². The van der Waals surface area contributed by atoms with Crippen molar-refractivity contribution in [3.05, 3.63) is 10.0 Å². The normalized spacial score (nSPS) is 14.2. The Kier molecular flexibility index (Phi) is 9.68. The third-order valence-electron chi connectivity index (χ3n) is 3.45. The van der Waals surface area contributed by atoms with Gasteiger partial charge in [-0.2, -0.15) is 4.40 Å². The van der Waals surface area contributed by atoms with Gasteiger partial charge in [0.05, 0.1) is 11.0 Å². The van der Waals surface area contributed by atoms with Gasteiger partial charge in [0.1, 0.15) is 33.3 Å². The molecule has 0 spiro atoms. The van der Waals surface area contributed by atoms with Crippen LogP contribution in [0.15, 0.2) is 4.40 Å². The molecule has 1 atom stereocenters. The zero-order valence-corrected chi connectivity index (χ0v) is 22.8. The van der Waals surface area contributed by atoms with E-state index in [9.17, 15) is 9.00 Å². The first-order valence-electron chi connectivity index (χ1n) is 9.70. The maximum absolute atomic E-state index is 12.7. The summed E-state index contributed by atoms with van der Waals surface area (Å²) in [5.74, 6) is 0.